The summed E-state index contributed by atoms with van der Waals surface area (Å²) in [5, 5.41) is 3.03. The average molecular weight is 290 g/mol. The predicted octanol–water partition coefficient (Wildman–Crippen LogP) is 1.13. The molecule has 2 heterocycles. The van der Waals surface area contributed by atoms with Crippen molar-refractivity contribution >= 4 is 11.8 Å². The summed E-state index contributed by atoms with van der Waals surface area (Å²) in [4.78, 5) is 25.3. The van der Waals surface area contributed by atoms with Crippen LogP contribution in [0.3, 0.4) is 0 Å². The molecule has 2 aliphatic rings. The van der Waals surface area contributed by atoms with Crippen molar-refractivity contribution in [1.29, 1.82) is 0 Å². The van der Waals surface area contributed by atoms with Gasteiger partial charge in [0.2, 0.25) is 0 Å². The van der Waals surface area contributed by atoms with E-state index < -0.39 is 17.6 Å². The van der Waals surface area contributed by atoms with Gasteiger partial charge in [-0.2, -0.15) is 0 Å². The Balaban J connectivity index is 1.81. The standard InChI is InChI=1S/C15H15FN2O3/c16-13(10-7-17-5-6-21-9-10)8-18-14(19)11-3-1-2-4-12(11)15(18)20/h1-4,17H,5-9H2. The van der Waals surface area contributed by atoms with Crippen molar-refractivity contribution in [2.45, 2.75) is 0 Å². The number of halogens is 1. The van der Waals surface area contributed by atoms with Crippen molar-refractivity contribution in [2.24, 2.45) is 0 Å². The number of benzene rings is 1. The lowest BCUT2D eigenvalue weighted by molar-refractivity contribution is 0.0658. The van der Waals surface area contributed by atoms with Gasteiger partial charge in [-0.05, 0) is 12.1 Å². The lowest BCUT2D eigenvalue weighted by atomic mass is 10.1. The molecule has 0 aliphatic carbocycles. The van der Waals surface area contributed by atoms with Crippen LogP contribution >= 0.6 is 0 Å². The molecule has 21 heavy (non-hydrogen) atoms. The molecule has 1 N–H and O–H groups in total. The minimum absolute atomic E-state index is 0.183. The van der Waals surface area contributed by atoms with Crippen molar-refractivity contribution in [3.63, 3.8) is 0 Å². The molecule has 1 fully saturated rings. The lowest BCUT2D eigenvalue weighted by Gasteiger charge is -2.14. The maximum absolute atomic E-state index is 14.3. The van der Waals surface area contributed by atoms with E-state index in [9.17, 15) is 14.0 Å². The Morgan fingerprint density at radius 1 is 1.24 bits per heavy atom. The maximum atomic E-state index is 14.3. The van der Waals surface area contributed by atoms with Gasteiger partial charge in [-0.1, -0.05) is 12.1 Å². The Kier molecular flexibility index (Phi) is 3.81. The Labute approximate surface area is 121 Å². The molecular weight excluding hydrogens is 275 g/mol. The van der Waals surface area contributed by atoms with E-state index in [2.05, 4.69) is 5.32 Å². The summed E-state index contributed by atoms with van der Waals surface area (Å²) in [7, 11) is 0. The van der Waals surface area contributed by atoms with Crippen LogP contribution in [-0.4, -0.2) is 49.6 Å². The van der Waals surface area contributed by atoms with E-state index in [0.29, 0.717) is 36.4 Å². The third kappa shape index (κ3) is 2.59. The highest BCUT2D eigenvalue weighted by Crippen LogP contribution is 2.24. The molecule has 0 atom stereocenters. The minimum atomic E-state index is -0.487. The maximum Gasteiger partial charge on any atom is 0.261 e. The first-order valence-corrected chi connectivity index (χ1v) is 6.78. The molecule has 0 bridgehead atoms. The van der Waals surface area contributed by atoms with Gasteiger partial charge in [-0.15, -0.1) is 0 Å². The zero-order chi connectivity index (χ0) is 14.8. The van der Waals surface area contributed by atoms with Crippen LogP contribution in [0.4, 0.5) is 4.39 Å². The SMILES string of the molecule is O=C1c2ccccc2C(=O)N1CC(F)=C1CNCCOC1. The van der Waals surface area contributed by atoms with Crippen molar-refractivity contribution in [3.05, 3.63) is 46.8 Å². The van der Waals surface area contributed by atoms with E-state index in [-0.39, 0.29) is 13.2 Å². The summed E-state index contributed by atoms with van der Waals surface area (Å²) in [5.41, 5.74) is 1.11. The van der Waals surface area contributed by atoms with Gasteiger partial charge in [0.1, 0.15) is 5.83 Å². The van der Waals surface area contributed by atoms with Gasteiger partial charge in [0.15, 0.2) is 0 Å². The van der Waals surface area contributed by atoms with Crippen LogP contribution in [0.2, 0.25) is 0 Å². The van der Waals surface area contributed by atoms with Gasteiger partial charge in [0, 0.05) is 18.7 Å². The predicted molar refractivity (Wildman–Crippen MR) is 73.6 cm³/mol. The average Bonchev–Trinajstić information content (AvgIpc) is 2.72. The number of hydrogen-bond donors (Lipinski definition) is 1. The Bertz CT molecular complexity index is 582. The van der Waals surface area contributed by atoms with E-state index >= 15 is 0 Å². The number of rotatable bonds is 2. The van der Waals surface area contributed by atoms with Crippen molar-refractivity contribution in [2.75, 3.05) is 32.8 Å². The number of carbonyl (C=O) groups excluding carboxylic acids is 2. The summed E-state index contributed by atoms with van der Waals surface area (Å²) >= 11 is 0. The third-order valence-electron chi connectivity index (χ3n) is 3.60. The molecule has 3 rings (SSSR count). The fraction of sp³-hybridized carbons (Fsp3) is 0.333. The normalized spacial score (nSPS) is 21.3. The van der Waals surface area contributed by atoms with E-state index in [1.54, 1.807) is 24.3 Å². The monoisotopic (exact) mass is 290 g/mol. The van der Waals surface area contributed by atoms with Gasteiger partial charge in [0.05, 0.1) is 30.9 Å². The van der Waals surface area contributed by atoms with Crippen molar-refractivity contribution in [1.82, 2.24) is 10.2 Å². The molecule has 1 saturated heterocycles. The number of carbonyl (C=O) groups is 2. The summed E-state index contributed by atoms with van der Waals surface area (Å²) in [6.07, 6.45) is 0. The third-order valence-corrected chi connectivity index (χ3v) is 3.60. The highest BCUT2D eigenvalue weighted by molar-refractivity contribution is 6.21. The van der Waals surface area contributed by atoms with Crippen molar-refractivity contribution in [3.8, 4) is 0 Å². The van der Waals surface area contributed by atoms with Gasteiger partial charge < -0.3 is 10.1 Å². The number of ether oxygens (including phenoxy) is 1. The summed E-state index contributed by atoms with van der Waals surface area (Å²) in [5.74, 6) is -1.39. The molecule has 1 aromatic carbocycles. The number of fused-ring (bicyclic) bond motifs is 1. The van der Waals surface area contributed by atoms with Crippen LogP contribution in [0.5, 0.6) is 0 Å². The first-order chi connectivity index (χ1) is 10.2. The van der Waals surface area contributed by atoms with E-state index in [1.807, 2.05) is 0 Å². The zero-order valence-electron chi connectivity index (χ0n) is 11.4. The van der Waals surface area contributed by atoms with Gasteiger partial charge in [-0.3, -0.25) is 14.5 Å². The Morgan fingerprint density at radius 3 is 2.57 bits per heavy atom. The lowest BCUT2D eigenvalue weighted by Crippen LogP contribution is -2.32. The molecule has 0 spiro atoms. The number of imide groups is 1. The van der Waals surface area contributed by atoms with Gasteiger partial charge in [0.25, 0.3) is 11.8 Å². The van der Waals surface area contributed by atoms with Crippen LogP contribution in [0.25, 0.3) is 0 Å². The Hall–Kier alpha value is -2.05. The molecule has 2 amide bonds. The molecule has 110 valence electrons. The molecule has 5 nitrogen and oxygen atoms in total. The fourth-order valence-electron chi connectivity index (χ4n) is 2.44. The molecule has 0 aromatic heterocycles. The number of amides is 2. The molecule has 0 radical (unpaired) electrons. The van der Waals surface area contributed by atoms with E-state index in [1.165, 1.54) is 0 Å². The van der Waals surface area contributed by atoms with Crippen LogP contribution in [0.1, 0.15) is 20.7 Å². The highest BCUT2D eigenvalue weighted by Gasteiger charge is 2.35. The molecular formula is C15H15FN2O3. The van der Waals surface area contributed by atoms with Crippen LogP contribution < -0.4 is 5.32 Å². The Morgan fingerprint density at radius 2 is 1.90 bits per heavy atom. The molecule has 1 aromatic rings. The van der Waals surface area contributed by atoms with Crippen LogP contribution in [0, 0.1) is 0 Å². The molecule has 2 aliphatic heterocycles. The number of nitrogens with one attached hydrogen (secondary N) is 1. The minimum Gasteiger partial charge on any atom is -0.376 e. The topological polar surface area (TPSA) is 58.6 Å². The van der Waals surface area contributed by atoms with Crippen LogP contribution in [0.15, 0.2) is 35.7 Å². The summed E-state index contributed by atoms with van der Waals surface area (Å²) in [6, 6.07) is 6.53. The smallest absolute Gasteiger partial charge is 0.261 e. The number of nitrogens with zero attached hydrogens (tertiary/aromatic N) is 1. The quantitative estimate of drug-likeness (QED) is 0.829. The van der Waals surface area contributed by atoms with Crippen molar-refractivity contribution < 1.29 is 18.7 Å². The molecule has 0 unspecified atom stereocenters. The van der Waals surface area contributed by atoms with Gasteiger partial charge in [-0.25, -0.2) is 4.39 Å². The van der Waals surface area contributed by atoms with Gasteiger partial charge >= 0.3 is 0 Å². The van der Waals surface area contributed by atoms with E-state index in [4.69, 9.17) is 4.74 Å². The number of hydrogen-bond acceptors (Lipinski definition) is 4. The first kappa shape index (κ1) is 13.9. The second-order valence-electron chi connectivity index (χ2n) is 4.98. The largest absolute Gasteiger partial charge is 0.376 e. The fourth-order valence-corrected chi connectivity index (χ4v) is 2.44. The van der Waals surface area contributed by atoms with E-state index in [0.717, 1.165) is 4.90 Å². The first-order valence-electron chi connectivity index (χ1n) is 6.78. The highest BCUT2D eigenvalue weighted by atomic mass is 19.1. The zero-order valence-corrected chi connectivity index (χ0v) is 11.4. The second-order valence-corrected chi connectivity index (χ2v) is 4.98. The molecule has 6 heteroatoms. The summed E-state index contributed by atoms with van der Waals surface area (Å²) in [6.45, 7) is 1.39. The second kappa shape index (κ2) is 5.75. The molecule has 0 saturated carbocycles. The summed E-state index contributed by atoms with van der Waals surface area (Å²) < 4.78 is 19.6. The van der Waals surface area contributed by atoms with Crippen LogP contribution in [-0.2, 0) is 4.74 Å².